The SMILES string of the molecule is CCOC(=O)C(NC(=O)c1ccccc1)c1ccc(OC)c(OC)c1. The van der Waals surface area contributed by atoms with Crippen molar-refractivity contribution >= 4 is 11.9 Å². The molecule has 25 heavy (non-hydrogen) atoms. The number of amides is 1. The van der Waals surface area contributed by atoms with Gasteiger partial charge in [0.2, 0.25) is 0 Å². The van der Waals surface area contributed by atoms with Gasteiger partial charge in [0.1, 0.15) is 0 Å². The Bertz CT molecular complexity index is 730. The van der Waals surface area contributed by atoms with E-state index in [0.717, 1.165) is 0 Å². The molecule has 1 N–H and O–H groups in total. The third kappa shape index (κ3) is 4.50. The van der Waals surface area contributed by atoms with Crippen molar-refractivity contribution in [2.45, 2.75) is 13.0 Å². The Morgan fingerprint density at radius 2 is 1.68 bits per heavy atom. The predicted octanol–water partition coefficient (Wildman–Crippen LogP) is 2.74. The largest absolute Gasteiger partial charge is 0.493 e. The van der Waals surface area contributed by atoms with Crippen LogP contribution in [0.15, 0.2) is 48.5 Å². The normalized spacial score (nSPS) is 11.3. The summed E-state index contributed by atoms with van der Waals surface area (Å²) in [5.41, 5.74) is 0.998. The van der Waals surface area contributed by atoms with Gasteiger partial charge in [0.15, 0.2) is 17.5 Å². The standard InChI is InChI=1S/C19H21NO5/c1-4-25-19(22)17(20-18(21)13-8-6-5-7-9-13)14-10-11-15(23-2)16(12-14)24-3/h5-12,17H,4H2,1-3H3,(H,20,21). The molecule has 1 amide bonds. The lowest BCUT2D eigenvalue weighted by molar-refractivity contribution is -0.145. The summed E-state index contributed by atoms with van der Waals surface area (Å²) in [4.78, 5) is 24.8. The van der Waals surface area contributed by atoms with E-state index in [4.69, 9.17) is 14.2 Å². The second kappa shape index (κ2) is 8.73. The number of methoxy groups -OCH3 is 2. The van der Waals surface area contributed by atoms with Crippen LogP contribution in [-0.4, -0.2) is 32.7 Å². The van der Waals surface area contributed by atoms with Crippen molar-refractivity contribution in [2.24, 2.45) is 0 Å². The first-order valence-electron chi connectivity index (χ1n) is 7.85. The molecule has 0 aliphatic carbocycles. The molecule has 132 valence electrons. The summed E-state index contributed by atoms with van der Waals surface area (Å²) in [5, 5.41) is 2.71. The molecule has 0 saturated carbocycles. The molecule has 1 atom stereocenters. The highest BCUT2D eigenvalue weighted by Crippen LogP contribution is 2.30. The molecule has 0 fully saturated rings. The van der Waals surface area contributed by atoms with Crippen molar-refractivity contribution in [3.8, 4) is 11.5 Å². The third-order valence-corrected chi connectivity index (χ3v) is 3.57. The van der Waals surface area contributed by atoms with Crippen LogP contribution in [-0.2, 0) is 9.53 Å². The number of nitrogens with one attached hydrogen (secondary N) is 1. The number of rotatable bonds is 7. The second-order valence-electron chi connectivity index (χ2n) is 5.14. The molecule has 2 aromatic carbocycles. The van der Waals surface area contributed by atoms with E-state index in [1.807, 2.05) is 6.07 Å². The van der Waals surface area contributed by atoms with E-state index < -0.39 is 12.0 Å². The number of carbonyl (C=O) groups excluding carboxylic acids is 2. The van der Waals surface area contributed by atoms with Crippen LogP contribution in [0.3, 0.4) is 0 Å². The predicted molar refractivity (Wildman–Crippen MR) is 92.8 cm³/mol. The minimum absolute atomic E-state index is 0.212. The summed E-state index contributed by atoms with van der Waals surface area (Å²) in [6.07, 6.45) is 0. The maximum absolute atomic E-state index is 12.4. The lowest BCUT2D eigenvalue weighted by atomic mass is 10.1. The maximum Gasteiger partial charge on any atom is 0.333 e. The number of carbonyl (C=O) groups is 2. The van der Waals surface area contributed by atoms with Crippen molar-refractivity contribution in [3.63, 3.8) is 0 Å². The van der Waals surface area contributed by atoms with Crippen molar-refractivity contribution in [1.29, 1.82) is 0 Å². The highest BCUT2D eigenvalue weighted by Gasteiger charge is 2.25. The third-order valence-electron chi connectivity index (χ3n) is 3.57. The molecular weight excluding hydrogens is 322 g/mol. The number of esters is 1. The molecule has 0 aliphatic heterocycles. The Hall–Kier alpha value is -3.02. The Labute approximate surface area is 146 Å². The fraction of sp³-hybridized carbons (Fsp3) is 0.263. The van der Waals surface area contributed by atoms with E-state index in [2.05, 4.69) is 5.32 Å². The second-order valence-corrected chi connectivity index (χ2v) is 5.14. The van der Waals surface area contributed by atoms with Gasteiger partial charge in [-0.3, -0.25) is 4.79 Å². The zero-order valence-electron chi connectivity index (χ0n) is 14.4. The van der Waals surface area contributed by atoms with Gasteiger partial charge in [0.25, 0.3) is 5.91 Å². The van der Waals surface area contributed by atoms with Crippen LogP contribution in [0.4, 0.5) is 0 Å². The van der Waals surface area contributed by atoms with Crippen LogP contribution in [0.2, 0.25) is 0 Å². The van der Waals surface area contributed by atoms with Gasteiger partial charge in [-0.2, -0.15) is 0 Å². The van der Waals surface area contributed by atoms with Gasteiger partial charge in [-0.15, -0.1) is 0 Å². The zero-order valence-corrected chi connectivity index (χ0v) is 14.4. The molecule has 2 aromatic rings. The number of hydrogen-bond donors (Lipinski definition) is 1. The molecule has 0 radical (unpaired) electrons. The van der Waals surface area contributed by atoms with E-state index in [-0.39, 0.29) is 12.5 Å². The van der Waals surface area contributed by atoms with Gasteiger partial charge in [-0.25, -0.2) is 4.79 Å². The Morgan fingerprint density at radius 3 is 2.28 bits per heavy atom. The van der Waals surface area contributed by atoms with Gasteiger partial charge in [-0.05, 0) is 36.8 Å². The van der Waals surface area contributed by atoms with Crippen LogP contribution in [0.1, 0.15) is 28.9 Å². The molecule has 6 heteroatoms. The zero-order chi connectivity index (χ0) is 18.2. The molecule has 0 spiro atoms. The van der Waals surface area contributed by atoms with Crippen LogP contribution < -0.4 is 14.8 Å². The van der Waals surface area contributed by atoms with E-state index in [1.54, 1.807) is 49.4 Å². The van der Waals surface area contributed by atoms with Gasteiger partial charge < -0.3 is 19.5 Å². The topological polar surface area (TPSA) is 73.9 Å². The number of benzene rings is 2. The number of hydrogen-bond acceptors (Lipinski definition) is 5. The Balaban J connectivity index is 2.33. The summed E-state index contributed by atoms with van der Waals surface area (Å²) in [6.45, 7) is 1.92. The maximum atomic E-state index is 12.4. The molecule has 6 nitrogen and oxygen atoms in total. The van der Waals surface area contributed by atoms with Crippen LogP contribution in [0.5, 0.6) is 11.5 Å². The molecular formula is C19H21NO5. The van der Waals surface area contributed by atoms with E-state index >= 15 is 0 Å². The fourth-order valence-electron chi connectivity index (χ4n) is 2.34. The fourth-order valence-corrected chi connectivity index (χ4v) is 2.34. The van der Waals surface area contributed by atoms with E-state index in [1.165, 1.54) is 14.2 Å². The van der Waals surface area contributed by atoms with E-state index in [9.17, 15) is 9.59 Å². The molecule has 0 aromatic heterocycles. The summed E-state index contributed by atoms with van der Waals surface area (Å²) in [6, 6.07) is 12.7. The molecule has 0 heterocycles. The Morgan fingerprint density at radius 1 is 1.00 bits per heavy atom. The van der Waals surface area contributed by atoms with Crippen LogP contribution >= 0.6 is 0 Å². The summed E-state index contributed by atoms with van der Waals surface area (Å²) in [5.74, 6) is 0.0824. The first-order chi connectivity index (χ1) is 12.1. The highest BCUT2D eigenvalue weighted by atomic mass is 16.5. The molecule has 0 saturated heterocycles. The summed E-state index contributed by atoms with van der Waals surface area (Å²) in [7, 11) is 3.03. The van der Waals surface area contributed by atoms with Gasteiger partial charge in [0, 0.05) is 5.56 Å². The van der Waals surface area contributed by atoms with Crippen molar-refractivity contribution in [2.75, 3.05) is 20.8 Å². The van der Waals surface area contributed by atoms with Gasteiger partial charge in [-0.1, -0.05) is 24.3 Å². The highest BCUT2D eigenvalue weighted by molar-refractivity contribution is 5.97. The lowest BCUT2D eigenvalue weighted by Gasteiger charge is -2.19. The van der Waals surface area contributed by atoms with Crippen LogP contribution in [0.25, 0.3) is 0 Å². The monoisotopic (exact) mass is 343 g/mol. The first kappa shape index (κ1) is 18.3. The smallest absolute Gasteiger partial charge is 0.333 e. The molecule has 2 rings (SSSR count). The van der Waals surface area contributed by atoms with E-state index in [0.29, 0.717) is 22.6 Å². The molecule has 1 unspecified atom stereocenters. The quantitative estimate of drug-likeness (QED) is 0.783. The minimum atomic E-state index is -0.951. The average Bonchev–Trinajstić information content (AvgIpc) is 2.66. The number of ether oxygens (including phenoxy) is 3. The van der Waals surface area contributed by atoms with Crippen LogP contribution in [0, 0.1) is 0 Å². The molecule has 0 aliphatic rings. The van der Waals surface area contributed by atoms with Gasteiger partial charge >= 0.3 is 5.97 Å². The Kier molecular flexibility index (Phi) is 6.39. The van der Waals surface area contributed by atoms with Crippen molar-refractivity contribution in [3.05, 3.63) is 59.7 Å². The molecule has 0 bridgehead atoms. The minimum Gasteiger partial charge on any atom is -0.493 e. The average molecular weight is 343 g/mol. The first-order valence-corrected chi connectivity index (χ1v) is 7.85. The summed E-state index contributed by atoms with van der Waals surface area (Å²) >= 11 is 0. The van der Waals surface area contributed by atoms with Crippen molar-refractivity contribution < 1.29 is 23.8 Å². The van der Waals surface area contributed by atoms with Crippen molar-refractivity contribution in [1.82, 2.24) is 5.32 Å². The summed E-state index contributed by atoms with van der Waals surface area (Å²) < 4.78 is 15.6. The van der Waals surface area contributed by atoms with Gasteiger partial charge in [0.05, 0.1) is 20.8 Å². The lowest BCUT2D eigenvalue weighted by Crippen LogP contribution is -2.35.